The normalized spacial score (nSPS) is 10.2. The van der Waals surface area contributed by atoms with Crippen LogP contribution in [0.5, 0.6) is 0 Å². The van der Waals surface area contributed by atoms with E-state index in [4.69, 9.17) is 5.73 Å². The summed E-state index contributed by atoms with van der Waals surface area (Å²) in [5.74, 6) is -0.704. The number of hydrogen-bond acceptors (Lipinski definition) is 4. The Morgan fingerprint density at radius 2 is 1.73 bits per heavy atom. The number of nitrogens with one attached hydrogen (secondary N) is 2. The van der Waals surface area contributed by atoms with Crippen molar-refractivity contribution < 1.29 is 14.4 Å². The van der Waals surface area contributed by atoms with Gasteiger partial charge in [-0.05, 0) is 30.7 Å². The second-order valence-corrected chi connectivity index (χ2v) is 6.64. The Balaban J connectivity index is 1.85. The number of hydrogen-bond donors (Lipinski definition) is 3. The van der Waals surface area contributed by atoms with E-state index in [1.807, 2.05) is 31.2 Å². The molecule has 0 unspecified atom stereocenters. The fraction of sp³-hybridized carbons (Fsp3) is 0.211. The molecule has 2 rings (SSSR count). The molecule has 7 heteroatoms. The van der Waals surface area contributed by atoms with Crippen LogP contribution < -0.4 is 16.4 Å². The maximum absolute atomic E-state index is 12.1. The quantitative estimate of drug-likeness (QED) is 0.620. The molecule has 0 aromatic heterocycles. The van der Waals surface area contributed by atoms with E-state index >= 15 is 0 Å². The molecule has 0 spiro atoms. The van der Waals surface area contributed by atoms with E-state index in [-0.39, 0.29) is 30.5 Å². The van der Waals surface area contributed by atoms with Gasteiger partial charge in [-0.15, -0.1) is 11.8 Å². The summed E-state index contributed by atoms with van der Waals surface area (Å²) in [5, 5.41) is 5.54. The van der Waals surface area contributed by atoms with Crippen molar-refractivity contribution in [3.05, 3.63) is 59.7 Å². The number of thioether (sulfide) groups is 1. The second kappa shape index (κ2) is 9.62. The van der Waals surface area contributed by atoms with Crippen molar-refractivity contribution >= 4 is 35.2 Å². The molecular weight excluding hydrogens is 350 g/mol. The van der Waals surface area contributed by atoms with Gasteiger partial charge in [0, 0.05) is 23.4 Å². The van der Waals surface area contributed by atoms with Gasteiger partial charge >= 0.3 is 0 Å². The standard InChI is InChI=1S/C19H21N3O3S/c1-13-6-2-3-7-14(13)19(25)21-11-10-18(24)22-15-8-4-5-9-16(15)26-12-17(20)23/h2-9H,10-12H2,1H3,(H2,20,23)(H,21,25)(H,22,24). The Morgan fingerprint density at radius 3 is 2.46 bits per heavy atom. The fourth-order valence-electron chi connectivity index (χ4n) is 2.27. The topological polar surface area (TPSA) is 101 Å². The van der Waals surface area contributed by atoms with Gasteiger partial charge in [0.05, 0.1) is 11.4 Å². The molecule has 26 heavy (non-hydrogen) atoms. The van der Waals surface area contributed by atoms with Crippen molar-refractivity contribution in [2.24, 2.45) is 5.73 Å². The van der Waals surface area contributed by atoms with Crippen molar-refractivity contribution in [1.82, 2.24) is 5.32 Å². The molecule has 0 aliphatic carbocycles. The third kappa shape index (κ3) is 5.93. The van der Waals surface area contributed by atoms with E-state index < -0.39 is 5.91 Å². The summed E-state index contributed by atoms with van der Waals surface area (Å²) in [6.45, 7) is 2.10. The molecule has 0 saturated heterocycles. The summed E-state index contributed by atoms with van der Waals surface area (Å²) in [6.07, 6.45) is 0.145. The molecule has 0 fully saturated rings. The Hall–Kier alpha value is -2.80. The predicted molar refractivity (Wildman–Crippen MR) is 103 cm³/mol. The van der Waals surface area contributed by atoms with Crippen LogP contribution >= 0.6 is 11.8 Å². The molecule has 136 valence electrons. The van der Waals surface area contributed by atoms with Gasteiger partial charge in [-0.25, -0.2) is 0 Å². The van der Waals surface area contributed by atoms with E-state index in [2.05, 4.69) is 10.6 Å². The highest BCUT2D eigenvalue weighted by atomic mass is 32.2. The van der Waals surface area contributed by atoms with Crippen LogP contribution in [0.2, 0.25) is 0 Å². The van der Waals surface area contributed by atoms with Gasteiger partial charge in [0.1, 0.15) is 0 Å². The minimum absolute atomic E-state index is 0.138. The third-order valence-electron chi connectivity index (χ3n) is 3.56. The van der Waals surface area contributed by atoms with Crippen LogP contribution in [0.1, 0.15) is 22.3 Å². The lowest BCUT2D eigenvalue weighted by Gasteiger charge is -2.11. The lowest BCUT2D eigenvalue weighted by molar-refractivity contribution is -0.116. The smallest absolute Gasteiger partial charge is 0.251 e. The summed E-state index contributed by atoms with van der Waals surface area (Å²) < 4.78 is 0. The Kier molecular flexibility index (Phi) is 7.23. The van der Waals surface area contributed by atoms with Crippen LogP contribution in [0.3, 0.4) is 0 Å². The van der Waals surface area contributed by atoms with Crippen molar-refractivity contribution in [3.8, 4) is 0 Å². The number of benzene rings is 2. The van der Waals surface area contributed by atoms with Crippen molar-refractivity contribution in [3.63, 3.8) is 0 Å². The number of carbonyl (C=O) groups excluding carboxylic acids is 3. The van der Waals surface area contributed by atoms with E-state index in [0.717, 1.165) is 10.5 Å². The summed E-state index contributed by atoms with van der Waals surface area (Å²) in [6, 6.07) is 14.5. The zero-order valence-corrected chi connectivity index (χ0v) is 15.3. The first-order valence-electron chi connectivity index (χ1n) is 8.11. The van der Waals surface area contributed by atoms with Gasteiger partial charge in [0.2, 0.25) is 11.8 Å². The van der Waals surface area contributed by atoms with Gasteiger partial charge in [0.25, 0.3) is 5.91 Å². The molecular formula is C19H21N3O3S. The van der Waals surface area contributed by atoms with Gasteiger partial charge in [-0.1, -0.05) is 30.3 Å². The summed E-state index contributed by atoms with van der Waals surface area (Å²) in [7, 11) is 0. The zero-order valence-electron chi connectivity index (χ0n) is 14.5. The number of amides is 3. The highest BCUT2D eigenvalue weighted by molar-refractivity contribution is 8.00. The molecule has 4 N–H and O–H groups in total. The SMILES string of the molecule is Cc1ccccc1C(=O)NCCC(=O)Nc1ccccc1SCC(N)=O. The Morgan fingerprint density at radius 1 is 1.04 bits per heavy atom. The zero-order chi connectivity index (χ0) is 18.9. The second-order valence-electron chi connectivity index (χ2n) is 5.62. The monoisotopic (exact) mass is 371 g/mol. The largest absolute Gasteiger partial charge is 0.369 e. The number of aryl methyl sites for hydroxylation is 1. The lowest BCUT2D eigenvalue weighted by atomic mass is 10.1. The molecule has 0 bridgehead atoms. The minimum atomic E-state index is -0.421. The number of anilines is 1. The van der Waals surface area contributed by atoms with Crippen molar-refractivity contribution in [2.75, 3.05) is 17.6 Å². The predicted octanol–water partition coefficient (Wildman–Crippen LogP) is 2.33. The number of primary amides is 1. The van der Waals surface area contributed by atoms with Gasteiger partial charge in [0.15, 0.2) is 0 Å². The first-order valence-corrected chi connectivity index (χ1v) is 9.09. The Labute approximate surface area is 156 Å². The van der Waals surface area contributed by atoms with Crippen LogP contribution in [0, 0.1) is 6.92 Å². The average Bonchev–Trinajstić information content (AvgIpc) is 2.61. The highest BCUT2D eigenvalue weighted by Crippen LogP contribution is 2.26. The highest BCUT2D eigenvalue weighted by Gasteiger charge is 2.10. The van der Waals surface area contributed by atoms with Crippen molar-refractivity contribution in [1.29, 1.82) is 0 Å². The van der Waals surface area contributed by atoms with E-state index in [1.54, 1.807) is 24.3 Å². The van der Waals surface area contributed by atoms with Crippen LogP contribution in [0.15, 0.2) is 53.4 Å². The number of nitrogens with two attached hydrogens (primary N) is 1. The van der Waals surface area contributed by atoms with Gasteiger partial charge < -0.3 is 16.4 Å². The summed E-state index contributed by atoms with van der Waals surface area (Å²) in [4.78, 5) is 35.9. The average molecular weight is 371 g/mol. The fourth-order valence-corrected chi connectivity index (χ4v) is 3.02. The van der Waals surface area contributed by atoms with Gasteiger partial charge in [-0.3, -0.25) is 14.4 Å². The van der Waals surface area contributed by atoms with E-state index in [9.17, 15) is 14.4 Å². The molecule has 0 saturated carbocycles. The van der Waals surface area contributed by atoms with E-state index in [0.29, 0.717) is 11.3 Å². The molecule has 2 aromatic carbocycles. The summed E-state index contributed by atoms with van der Waals surface area (Å²) in [5.41, 5.74) is 7.26. The maximum atomic E-state index is 12.1. The molecule has 0 radical (unpaired) electrons. The molecule has 6 nitrogen and oxygen atoms in total. The molecule has 2 aromatic rings. The Bertz CT molecular complexity index is 808. The molecule has 0 aliphatic heterocycles. The van der Waals surface area contributed by atoms with Crippen LogP contribution in [0.25, 0.3) is 0 Å². The number of rotatable bonds is 8. The summed E-state index contributed by atoms with van der Waals surface area (Å²) >= 11 is 1.27. The minimum Gasteiger partial charge on any atom is -0.369 e. The van der Waals surface area contributed by atoms with Crippen molar-refractivity contribution in [2.45, 2.75) is 18.2 Å². The third-order valence-corrected chi connectivity index (χ3v) is 4.65. The van der Waals surface area contributed by atoms with Crippen LogP contribution in [-0.4, -0.2) is 30.0 Å². The first kappa shape index (κ1) is 19.5. The first-order chi connectivity index (χ1) is 12.5. The van der Waals surface area contributed by atoms with Crippen LogP contribution in [-0.2, 0) is 9.59 Å². The molecule has 0 atom stereocenters. The van der Waals surface area contributed by atoms with Crippen LogP contribution in [0.4, 0.5) is 5.69 Å². The maximum Gasteiger partial charge on any atom is 0.251 e. The van der Waals surface area contributed by atoms with Gasteiger partial charge in [-0.2, -0.15) is 0 Å². The molecule has 3 amide bonds. The molecule has 0 heterocycles. The lowest BCUT2D eigenvalue weighted by Crippen LogP contribution is -2.28. The van der Waals surface area contributed by atoms with E-state index in [1.165, 1.54) is 11.8 Å². The molecule has 0 aliphatic rings. The number of carbonyl (C=O) groups is 3. The number of para-hydroxylation sites is 1.